The first kappa shape index (κ1) is 13.3. The van der Waals surface area contributed by atoms with Gasteiger partial charge in [-0.2, -0.15) is 0 Å². The van der Waals surface area contributed by atoms with Crippen LogP contribution in [-0.2, 0) is 9.47 Å². The normalized spacial score (nSPS) is 18.6. The van der Waals surface area contributed by atoms with Gasteiger partial charge in [0.1, 0.15) is 6.10 Å². The van der Waals surface area contributed by atoms with E-state index < -0.39 is 0 Å². The van der Waals surface area contributed by atoms with Gasteiger partial charge in [-0.1, -0.05) is 6.07 Å². The highest BCUT2D eigenvalue weighted by Crippen LogP contribution is 2.17. The van der Waals surface area contributed by atoms with E-state index in [-0.39, 0.29) is 12.1 Å². The summed E-state index contributed by atoms with van der Waals surface area (Å²) in [4.78, 5) is 4.28. The second kappa shape index (κ2) is 6.68. The van der Waals surface area contributed by atoms with Crippen LogP contribution in [0.25, 0.3) is 0 Å². The quantitative estimate of drug-likeness (QED) is 0.855. The lowest BCUT2D eigenvalue weighted by molar-refractivity contribution is 0.0237. The second-order valence-electron chi connectivity index (χ2n) is 4.42. The van der Waals surface area contributed by atoms with Crippen molar-refractivity contribution >= 4 is 0 Å². The molecule has 0 aliphatic carbocycles. The fraction of sp³-hybridized carbons (Fsp3) is 0.615. The molecule has 1 aromatic rings. The Hall–Kier alpha value is -1.17. The van der Waals surface area contributed by atoms with Gasteiger partial charge in [-0.15, -0.1) is 0 Å². The van der Waals surface area contributed by atoms with Crippen molar-refractivity contribution in [2.75, 3.05) is 26.9 Å². The zero-order chi connectivity index (χ0) is 12.8. The van der Waals surface area contributed by atoms with Crippen LogP contribution >= 0.6 is 0 Å². The summed E-state index contributed by atoms with van der Waals surface area (Å²) in [6, 6.07) is 3.66. The molecule has 0 amide bonds. The van der Waals surface area contributed by atoms with Gasteiger partial charge in [0.15, 0.2) is 0 Å². The number of hydrogen-bond donors (Lipinski definition) is 1. The number of pyridine rings is 1. The van der Waals surface area contributed by atoms with Crippen LogP contribution in [0.5, 0.6) is 5.88 Å². The number of nitrogens with zero attached hydrogens (tertiary/aromatic N) is 1. The van der Waals surface area contributed by atoms with Gasteiger partial charge in [0.2, 0.25) is 5.88 Å². The molecule has 18 heavy (non-hydrogen) atoms. The molecule has 1 atom stereocenters. The third-order valence-electron chi connectivity index (χ3n) is 2.99. The minimum atomic E-state index is -0.139. The minimum Gasteiger partial charge on any atom is -0.474 e. The van der Waals surface area contributed by atoms with E-state index in [1.165, 1.54) is 0 Å². The Kier molecular flexibility index (Phi) is 4.92. The minimum absolute atomic E-state index is 0.139. The van der Waals surface area contributed by atoms with Crippen molar-refractivity contribution in [3.05, 3.63) is 23.9 Å². The summed E-state index contributed by atoms with van der Waals surface area (Å²) in [7, 11) is 1.63. The van der Waals surface area contributed by atoms with E-state index in [2.05, 4.69) is 4.98 Å². The number of hydrogen-bond acceptors (Lipinski definition) is 5. The van der Waals surface area contributed by atoms with Crippen LogP contribution in [0.2, 0.25) is 0 Å². The van der Waals surface area contributed by atoms with Crippen molar-refractivity contribution < 1.29 is 14.2 Å². The smallest absolute Gasteiger partial charge is 0.213 e. The van der Waals surface area contributed by atoms with Crippen LogP contribution in [0.15, 0.2) is 18.3 Å². The van der Waals surface area contributed by atoms with E-state index in [4.69, 9.17) is 19.9 Å². The third kappa shape index (κ3) is 3.66. The van der Waals surface area contributed by atoms with Gasteiger partial charge in [0, 0.05) is 32.2 Å². The number of nitrogens with two attached hydrogens (primary N) is 1. The van der Waals surface area contributed by atoms with Gasteiger partial charge in [-0.3, -0.25) is 0 Å². The molecule has 1 unspecified atom stereocenters. The summed E-state index contributed by atoms with van der Waals surface area (Å²) in [6.45, 7) is 2.02. The molecular formula is C13H20N2O3. The predicted octanol–water partition coefficient (Wildman–Crippen LogP) is 1.29. The van der Waals surface area contributed by atoms with E-state index >= 15 is 0 Å². The first-order chi connectivity index (χ1) is 8.79. The highest BCUT2D eigenvalue weighted by molar-refractivity contribution is 5.20. The molecule has 5 heteroatoms. The van der Waals surface area contributed by atoms with Crippen molar-refractivity contribution in [2.45, 2.75) is 25.0 Å². The van der Waals surface area contributed by atoms with Gasteiger partial charge >= 0.3 is 0 Å². The summed E-state index contributed by atoms with van der Waals surface area (Å²) in [5.74, 6) is 0.648. The molecule has 1 fully saturated rings. The van der Waals surface area contributed by atoms with Gasteiger partial charge in [-0.05, 0) is 5.56 Å². The van der Waals surface area contributed by atoms with Crippen LogP contribution in [-0.4, -0.2) is 38.0 Å². The molecule has 100 valence electrons. The summed E-state index contributed by atoms with van der Waals surface area (Å²) < 4.78 is 16.1. The van der Waals surface area contributed by atoms with Crippen molar-refractivity contribution in [1.82, 2.24) is 4.98 Å². The largest absolute Gasteiger partial charge is 0.474 e. The molecule has 5 nitrogen and oxygen atoms in total. The van der Waals surface area contributed by atoms with Crippen LogP contribution in [0.4, 0.5) is 0 Å². The van der Waals surface area contributed by atoms with Crippen LogP contribution in [0, 0.1) is 0 Å². The highest BCUT2D eigenvalue weighted by atomic mass is 16.5. The maximum absolute atomic E-state index is 5.92. The molecule has 0 saturated carbocycles. The van der Waals surface area contributed by atoms with Crippen molar-refractivity contribution in [2.24, 2.45) is 5.73 Å². The number of rotatable bonds is 5. The first-order valence-electron chi connectivity index (χ1n) is 6.24. The van der Waals surface area contributed by atoms with Gasteiger partial charge in [-0.25, -0.2) is 4.98 Å². The Bertz CT molecular complexity index is 350. The fourth-order valence-corrected chi connectivity index (χ4v) is 1.92. The predicted molar refractivity (Wildman–Crippen MR) is 67.5 cm³/mol. The average molecular weight is 252 g/mol. The lowest BCUT2D eigenvalue weighted by atomic mass is 10.1. The molecule has 1 saturated heterocycles. The molecular weight excluding hydrogens is 232 g/mol. The molecule has 0 spiro atoms. The Balaban J connectivity index is 1.90. The van der Waals surface area contributed by atoms with Crippen LogP contribution < -0.4 is 10.5 Å². The average Bonchev–Trinajstić information content (AvgIpc) is 2.41. The van der Waals surface area contributed by atoms with Crippen LogP contribution in [0.1, 0.15) is 24.4 Å². The Morgan fingerprint density at radius 1 is 1.44 bits per heavy atom. The van der Waals surface area contributed by atoms with E-state index in [1.807, 2.05) is 12.1 Å². The summed E-state index contributed by atoms with van der Waals surface area (Å²) in [5.41, 5.74) is 6.87. The zero-order valence-electron chi connectivity index (χ0n) is 10.7. The van der Waals surface area contributed by atoms with E-state index in [1.54, 1.807) is 13.3 Å². The van der Waals surface area contributed by atoms with E-state index in [0.29, 0.717) is 12.5 Å². The van der Waals surface area contributed by atoms with Gasteiger partial charge in [0.25, 0.3) is 0 Å². The standard InChI is InChI=1S/C13H20N2O3/c1-16-9-12(14)10-2-3-13(15-8-10)18-11-4-6-17-7-5-11/h2-3,8,11-12H,4-7,9,14H2,1H3. The second-order valence-corrected chi connectivity index (χ2v) is 4.42. The van der Waals surface area contributed by atoms with Crippen molar-refractivity contribution in [3.63, 3.8) is 0 Å². The number of methoxy groups -OCH3 is 1. The molecule has 2 rings (SSSR count). The SMILES string of the molecule is COCC(N)c1ccc(OC2CCOCC2)nc1. The maximum atomic E-state index is 5.92. The third-order valence-corrected chi connectivity index (χ3v) is 2.99. The Labute approximate surface area is 107 Å². The molecule has 2 N–H and O–H groups in total. The molecule has 0 radical (unpaired) electrons. The van der Waals surface area contributed by atoms with Gasteiger partial charge < -0.3 is 19.9 Å². The van der Waals surface area contributed by atoms with Crippen molar-refractivity contribution in [1.29, 1.82) is 0 Å². The molecule has 1 aliphatic heterocycles. The van der Waals surface area contributed by atoms with Crippen LogP contribution in [0.3, 0.4) is 0 Å². The molecule has 0 bridgehead atoms. The lowest BCUT2D eigenvalue weighted by Crippen LogP contribution is -2.26. The Morgan fingerprint density at radius 3 is 2.83 bits per heavy atom. The van der Waals surface area contributed by atoms with Crippen molar-refractivity contribution in [3.8, 4) is 5.88 Å². The molecule has 1 aromatic heterocycles. The lowest BCUT2D eigenvalue weighted by Gasteiger charge is -2.22. The monoisotopic (exact) mass is 252 g/mol. The van der Waals surface area contributed by atoms with Gasteiger partial charge in [0.05, 0.1) is 25.9 Å². The summed E-state index contributed by atoms with van der Waals surface area (Å²) >= 11 is 0. The fourth-order valence-electron chi connectivity index (χ4n) is 1.92. The molecule has 0 aromatic carbocycles. The zero-order valence-corrected chi connectivity index (χ0v) is 10.7. The van der Waals surface area contributed by atoms with E-state index in [0.717, 1.165) is 31.6 Å². The summed E-state index contributed by atoms with van der Waals surface area (Å²) in [5, 5.41) is 0. The molecule has 1 aliphatic rings. The first-order valence-corrected chi connectivity index (χ1v) is 6.24. The number of ether oxygens (including phenoxy) is 3. The number of aromatic nitrogens is 1. The highest BCUT2D eigenvalue weighted by Gasteiger charge is 2.16. The molecule has 2 heterocycles. The maximum Gasteiger partial charge on any atom is 0.213 e. The topological polar surface area (TPSA) is 66.6 Å². The Morgan fingerprint density at radius 2 is 2.22 bits per heavy atom. The summed E-state index contributed by atoms with van der Waals surface area (Å²) in [6.07, 6.45) is 3.81. The van der Waals surface area contributed by atoms with E-state index in [9.17, 15) is 0 Å².